The lowest BCUT2D eigenvalue weighted by Gasteiger charge is -2.43. The van der Waals surface area contributed by atoms with Crippen LogP contribution in [0.4, 0.5) is 0 Å². The van der Waals surface area contributed by atoms with Crippen molar-refractivity contribution in [3.8, 4) is 0 Å². The third-order valence-electron chi connectivity index (χ3n) is 4.02. The SMILES string of the molecule is CCCC1NC(=O)C(C(C)C)N(C(C)c2ccco2)C1=O. The van der Waals surface area contributed by atoms with Crippen LogP contribution in [0.3, 0.4) is 0 Å². The van der Waals surface area contributed by atoms with Crippen LogP contribution in [0.1, 0.15) is 52.3 Å². The van der Waals surface area contributed by atoms with Crippen molar-refractivity contribution in [2.45, 2.75) is 58.7 Å². The highest BCUT2D eigenvalue weighted by Gasteiger charge is 2.44. The summed E-state index contributed by atoms with van der Waals surface area (Å²) in [5, 5.41) is 2.87. The third-order valence-corrected chi connectivity index (χ3v) is 4.02. The van der Waals surface area contributed by atoms with Crippen molar-refractivity contribution in [2.75, 3.05) is 0 Å². The van der Waals surface area contributed by atoms with Crippen LogP contribution in [0.15, 0.2) is 22.8 Å². The highest BCUT2D eigenvalue weighted by Crippen LogP contribution is 2.29. The van der Waals surface area contributed by atoms with Gasteiger partial charge in [0.05, 0.1) is 12.3 Å². The standard InChI is InChI=1S/C16H24N2O3/c1-5-7-12-16(20)18(11(4)13-8-6-9-21-13)14(10(2)3)15(19)17-12/h6,8-12,14H,5,7H2,1-4H3,(H,17,19). The number of amides is 2. The van der Waals surface area contributed by atoms with Crippen LogP contribution in [0, 0.1) is 5.92 Å². The van der Waals surface area contributed by atoms with Crippen molar-refractivity contribution >= 4 is 11.8 Å². The molecule has 1 fully saturated rings. The first-order valence-corrected chi connectivity index (χ1v) is 7.63. The minimum absolute atomic E-state index is 0.0148. The Morgan fingerprint density at radius 3 is 2.57 bits per heavy atom. The van der Waals surface area contributed by atoms with E-state index in [1.807, 2.05) is 33.8 Å². The zero-order chi connectivity index (χ0) is 15.6. The largest absolute Gasteiger partial charge is 0.467 e. The van der Waals surface area contributed by atoms with E-state index >= 15 is 0 Å². The molecule has 0 bridgehead atoms. The lowest BCUT2D eigenvalue weighted by Crippen LogP contribution is -2.65. The second-order valence-corrected chi connectivity index (χ2v) is 5.98. The van der Waals surface area contributed by atoms with E-state index in [1.54, 1.807) is 17.2 Å². The molecule has 0 aromatic carbocycles. The molecule has 2 rings (SSSR count). The van der Waals surface area contributed by atoms with Gasteiger partial charge in [0, 0.05) is 0 Å². The maximum atomic E-state index is 12.8. The fourth-order valence-corrected chi connectivity index (χ4v) is 2.97. The van der Waals surface area contributed by atoms with Gasteiger partial charge in [-0.1, -0.05) is 27.2 Å². The van der Waals surface area contributed by atoms with Crippen LogP contribution in [0.25, 0.3) is 0 Å². The molecular weight excluding hydrogens is 268 g/mol. The lowest BCUT2D eigenvalue weighted by molar-refractivity contribution is -0.154. The van der Waals surface area contributed by atoms with Crippen molar-refractivity contribution in [3.05, 3.63) is 24.2 Å². The maximum Gasteiger partial charge on any atom is 0.246 e. The normalized spacial score (nSPS) is 24.3. The van der Waals surface area contributed by atoms with Gasteiger partial charge in [-0.2, -0.15) is 0 Å². The van der Waals surface area contributed by atoms with Gasteiger partial charge in [0.15, 0.2) is 0 Å². The molecule has 3 unspecified atom stereocenters. The lowest BCUT2D eigenvalue weighted by atomic mass is 9.93. The first-order chi connectivity index (χ1) is 9.97. The van der Waals surface area contributed by atoms with Gasteiger partial charge in [0.1, 0.15) is 17.8 Å². The Bertz CT molecular complexity index is 496. The predicted octanol–water partition coefficient (Wildman–Crippen LogP) is 2.49. The van der Waals surface area contributed by atoms with Gasteiger partial charge < -0.3 is 14.6 Å². The van der Waals surface area contributed by atoms with Crippen molar-refractivity contribution in [3.63, 3.8) is 0 Å². The molecule has 1 aromatic heterocycles. The number of nitrogens with one attached hydrogen (secondary N) is 1. The highest BCUT2D eigenvalue weighted by atomic mass is 16.3. The van der Waals surface area contributed by atoms with E-state index in [-0.39, 0.29) is 23.8 Å². The molecule has 21 heavy (non-hydrogen) atoms. The number of rotatable bonds is 5. The summed E-state index contributed by atoms with van der Waals surface area (Å²) in [6.07, 6.45) is 3.11. The fourth-order valence-electron chi connectivity index (χ4n) is 2.97. The number of nitrogens with zero attached hydrogens (tertiary/aromatic N) is 1. The Balaban J connectivity index is 2.34. The Labute approximate surface area is 125 Å². The summed E-state index contributed by atoms with van der Waals surface area (Å²) in [7, 11) is 0. The second-order valence-electron chi connectivity index (χ2n) is 5.98. The molecule has 1 N–H and O–H groups in total. The minimum atomic E-state index is -0.453. The van der Waals surface area contributed by atoms with E-state index in [4.69, 9.17) is 4.42 Å². The van der Waals surface area contributed by atoms with Gasteiger partial charge in [0.2, 0.25) is 11.8 Å². The van der Waals surface area contributed by atoms with Gasteiger partial charge in [-0.25, -0.2) is 0 Å². The third kappa shape index (κ3) is 2.96. The van der Waals surface area contributed by atoms with Crippen molar-refractivity contribution in [2.24, 2.45) is 5.92 Å². The molecule has 2 heterocycles. The summed E-state index contributed by atoms with van der Waals surface area (Å²) in [5.41, 5.74) is 0. The van der Waals surface area contributed by atoms with Crippen LogP contribution in [-0.2, 0) is 9.59 Å². The Hall–Kier alpha value is -1.78. The molecular formula is C16H24N2O3. The Morgan fingerprint density at radius 2 is 2.05 bits per heavy atom. The smallest absolute Gasteiger partial charge is 0.246 e. The van der Waals surface area contributed by atoms with Crippen molar-refractivity contribution in [1.29, 1.82) is 0 Å². The molecule has 1 aliphatic heterocycles. The van der Waals surface area contributed by atoms with Crippen LogP contribution < -0.4 is 5.32 Å². The summed E-state index contributed by atoms with van der Waals surface area (Å²) < 4.78 is 5.43. The van der Waals surface area contributed by atoms with Crippen molar-refractivity contribution in [1.82, 2.24) is 10.2 Å². The van der Waals surface area contributed by atoms with E-state index in [2.05, 4.69) is 5.32 Å². The molecule has 1 aromatic rings. The zero-order valence-electron chi connectivity index (χ0n) is 13.1. The number of furan rings is 1. The molecule has 1 saturated heterocycles. The van der Waals surface area contributed by atoms with E-state index in [1.165, 1.54) is 0 Å². The molecule has 5 heteroatoms. The Morgan fingerprint density at radius 1 is 1.33 bits per heavy atom. The van der Waals surface area contributed by atoms with Crippen molar-refractivity contribution < 1.29 is 14.0 Å². The van der Waals surface area contributed by atoms with E-state index in [9.17, 15) is 9.59 Å². The molecule has 0 saturated carbocycles. The number of hydrogen-bond donors (Lipinski definition) is 1. The summed E-state index contributed by atoms with van der Waals surface area (Å²) in [6.45, 7) is 7.83. The van der Waals surface area contributed by atoms with Crippen LogP contribution in [0.2, 0.25) is 0 Å². The van der Waals surface area contributed by atoms with E-state index in [0.717, 1.165) is 6.42 Å². The molecule has 3 atom stereocenters. The monoisotopic (exact) mass is 292 g/mol. The van der Waals surface area contributed by atoms with Gasteiger partial charge in [-0.3, -0.25) is 9.59 Å². The zero-order valence-corrected chi connectivity index (χ0v) is 13.1. The minimum Gasteiger partial charge on any atom is -0.467 e. The number of carbonyl (C=O) groups excluding carboxylic acids is 2. The maximum absolute atomic E-state index is 12.8. The number of hydrogen-bond acceptors (Lipinski definition) is 3. The van der Waals surface area contributed by atoms with Gasteiger partial charge >= 0.3 is 0 Å². The summed E-state index contributed by atoms with van der Waals surface area (Å²) >= 11 is 0. The summed E-state index contributed by atoms with van der Waals surface area (Å²) in [4.78, 5) is 26.9. The fraction of sp³-hybridized carbons (Fsp3) is 0.625. The molecule has 0 radical (unpaired) electrons. The van der Waals surface area contributed by atoms with Crippen LogP contribution in [-0.4, -0.2) is 28.8 Å². The molecule has 0 aliphatic carbocycles. The van der Waals surface area contributed by atoms with Gasteiger partial charge in [-0.15, -0.1) is 0 Å². The topological polar surface area (TPSA) is 62.6 Å². The molecule has 5 nitrogen and oxygen atoms in total. The molecule has 1 aliphatic rings. The highest BCUT2D eigenvalue weighted by molar-refractivity contribution is 5.97. The second kappa shape index (κ2) is 6.33. The predicted molar refractivity (Wildman–Crippen MR) is 79.4 cm³/mol. The first-order valence-electron chi connectivity index (χ1n) is 7.63. The number of piperazine rings is 1. The van der Waals surface area contributed by atoms with Crippen LogP contribution in [0.5, 0.6) is 0 Å². The Kier molecular flexibility index (Phi) is 4.70. The van der Waals surface area contributed by atoms with Crippen LogP contribution >= 0.6 is 0 Å². The quantitative estimate of drug-likeness (QED) is 0.907. The average Bonchev–Trinajstić information content (AvgIpc) is 2.95. The number of carbonyl (C=O) groups is 2. The summed E-state index contributed by atoms with van der Waals surface area (Å²) in [6, 6.07) is 2.52. The first kappa shape index (κ1) is 15.6. The summed E-state index contributed by atoms with van der Waals surface area (Å²) in [5.74, 6) is 0.674. The van der Waals surface area contributed by atoms with E-state index < -0.39 is 12.1 Å². The average molecular weight is 292 g/mol. The molecule has 0 spiro atoms. The molecule has 116 valence electrons. The van der Waals surface area contributed by atoms with Gasteiger partial charge in [-0.05, 0) is 31.4 Å². The molecule has 2 amide bonds. The van der Waals surface area contributed by atoms with E-state index in [0.29, 0.717) is 12.2 Å². The van der Waals surface area contributed by atoms with Gasteiger partial charge in [0.25, 0.3) is 0 Å².